The molecule has 2 aromatic rings. The topological polar surface area (TPSA) is 50.9 Å². The van der Waals surface area contributed by atoms with Gasteiger partial charge < -0.3 is 5.11 Å². The van der Waals surface area contributed by atoms with Gasteiger partial charge in [0.15, 0.2) is 0 Å². The molecule has 6 heteroatoms. The van der Waals surface area contributed by atoms with Crippen LogP contribution in [0.1, 0.15) is 37.4 Å². The molecule has 0 amide bonds. The van der Waals surface area contributed by atoms with Crippen molar-refractivity contribution in [3.05, 3.63) is 46.2 Å². The van der Waals surface area contributed by atoms with E-state index in [4.69, 9.17) is 0 Å². The molecule has 0 aliphatic rings. The molecule has 0 aliphatic carbocycles. The van der Waals surface area contributed by atoms with Crippen molar-refractivity contribution in [2.75, 3.05) is 0 Å². The van der Waals surface area contributed by atoms with Gasteiger partial charge in [-0.25, -0.2) is 14.1 Å². The summed E-state index contributed by atoms with van der Waals surface area (Å²) in [7, 11) is 0. The van der Waals surface area contributed by atoms with E-state index in [0.717, 1.165) is 0 Å². The molecule has 1 unspecified atom stereocenters. The van der Waals surface area contributed by atoms with Gasteiger partial charge in [0.25, 0.3) is 0 Å². The summed E-state index contributed by atoms with van der Waals surface area (Å²) in [6, 6.07) is 4.66. The summed E-state index contributed by atoms with van der Waals surface area (Å²) in [5, 5.41) is 14.3. The molecule has 0 saturated heterocycles. The fourth-order valence-corrected chi connectivity index (χ4v) is 2.26. The molecule has 102 valence electrons. The van der Waals surface area contributed by atoms with E-state index in [0.29, 0.717) is 22.3 Å². The number of aromatic nitrogens is 3. The number of hydrogen-bond acceptors (Lipinski definition) is 3. The fourth-order valence-electron chi connectivity index (χ4n) is 1.86. The Hall–Kier alpha value is -1.27. The van der Waals surface area contributed by atoms with Crippen molar-refractivity contribution >= 4 is 15.9 Å². The Balaban J connectivity index is 2.18. The summed E-state index contributed by atoms with van der Waals surface area (Å²) < 4.78 is 15.3. The molecular formula is C13H15BrFN3O. The molecule has 0 spiro atoms. The van der Waals surface area contributed by atoms with Gasteiger partial charge in [0.2, 0.25) is 0 Å². The van der Waals surface area contributed by atoms with Crippen LogP contribution in [0.25, 0.3) is 0 Å². The predicted octanol–water partition coefficient (Wildman–Crippen LogP) is 3.04. The molecule has 1 atom stereocenters. The van der Waals surface area contributed by atoms with Crippen LogP contribution in [0.4, 0.5) is 4.39 Å². The van der Waals surface area contributed by atoms with Crippen molar-refractivity contribution in [2.24, 2.45) is 0 Å². The Labute approximate surface area is 119 Å². The first-order chi connectivity index (χ1) is 8.99. The van der Waals surface area contributed by atoms with E-state index in [1.807, 2.05) is 13.8 Å². The standard InChI is InChI=1S/C13H15BrFN3O/c1-8(2)18-13(16-7-17-18)6-12(19)9-3-4-11(15)10(14)5-9/h3-5,7-8,12,19H,6H2,1-2H3. The van der Waals surface area contributed by atoms with Crippen LogP contribution >= 0.6 is 15.9 Å². The van der Waals surface area contributed by atoms with Crippen molar-refractivity contribution in [1.82, 2.24) is 14.8 Å². The van der Waals surface area contributed by atoms with Crippen LogP contribution in [0.15, 0.2) is 29.0 Å². The summed E-state index contributed by atoms with van der Waals surface area (Å²) in [6.07, 6.45) is 1.08. The zero-order valence-electron chi connectivity index (χ0n) is 10.7. The smallest absolute Gasteiger partial charge is 0.138 e. The largest absolute Gasteiger partial charge is 0.388 e. The third-order valence-electron chi connectivity index (χ3n) is 2.84. The van der Waals surface area contributed by atoms with Crippen LogP contribution in [0.3, 0.4) is 0 Å². The summed E-state index contributed by atoms with van der Waals surface area (Å²) in [5.74, 6) is 0.365. The van der Waals surface area contributed by atoms with Crippen molar-refractivity contribution in [3.63, 3.8) is 0 Å². The first kappa shape index (κ1) is 14.1. The minimum atomic E-state index is -0.737. The fraction of sp³-hybridized carbons (Fsp3) is 0.385. The molecule has 1 aromatic carbocycles. The van der Waals surface area contributed by atoms with E-state index < -0.39 is 6.10 Å². The molecular weight excluding hydrogens is 313 g/mol. The molecule has 1 N–H and O–H groups in total. The van der Waals surface area contributed by atoms with Crippen LogP contribution in [-0.4, -0.2) is 19.9 Å². The van der Waals surface area contributed by atoms with Crippen LogP contribution in [-0.2, 0) is 6.42 Å². The third-order valence-corrected chi connectivity index (χ3v) is 3.45. The van der Waals surface area contributed by atoms with E-state index in [1.165, 1.54) is 12.4 Å². The molecule has 0 saturated carbocycles. The van der Waals surface area contributed by atoms with E-state index in [-0.39, 0.29) is 11.9 Å². The van der Waals surface area contributed by atoms with Crippen molar-refractivity contribution in [2.45, 2.75) is 32.4 Å². The molecule has 0 fully saturated rings. The van der Waals surface area contributed by atoms with Gasteiger partial charge in [0, 0.05) is 12.5 Å². The molecule has 4 nitrogen and oxygen atoms in total. The maximum absolute atomic E-state index is 13.2. The van der Waals surface area contributed by atoms with E-state index in [1.54, 1.807) is 16.8 Å². The lowest BCUT2D eigenvalue weighted by atomic mass is 10.1. The molecule has 1 aromatic heterocycles. The Kier molecular flexibility index (Phi) is 4.31. The van der Waals surface area contributed by atoms with Crippen LogP contribution < -0.4 is 0 Å². The van der Waals surface area contributed by atoms with Gasteiger partial charge in [-0.05, 0) is 47.5 Å². The number of aliphatic hydroxyl groups is 1. The Bertz CT molecular complexity index is 571. The zero-order chi connectivity index (χ0) is 14.0. The second-order valence-electron chi connectivity index (χ2n) is 4.61. The van der Waals surface area contributed by atoms with Gasteiger partial charge in [-0.3, -0.25) is 0 Å². The SMILES string of the molecule is CC(C)n1ncnc1CC(O)c1ccc(F)c(Br)c1. The lowest BCUT2D eigenvalue weighted by Crippen LogP contribution is -2.12. The number of hydrogen-bond donors (Lipinski definition) is 1. The summed E-state index contributed by atoms with van der Waals surface area (Å²) in [4.78, 5) is 4.15. The van der Waals surface area contributed by atoms with Crippen LogP contribution in [0.2, 0.25) is 0 Å². The summed E-state index contributed by atoms with van der Waals surface area (Å²) in [5.41, 5.74) is 0.645. The quantitative estimate of drug-likeness (QED) is 0.939. The van der Waals surface area contributed by atoms with E-state index in [9.17, 15) is 9.50 Å². The lowest BCUT2D eigenvalue weighted by molar-refractivity contribution is 0.173. The first-order valence-corrected chi connectivity index (χ1v) is 6.79. The molecule has 2 rings (SSSR count). The highest BCUT2D eigenvalue weighted by atomic mass is 79.9. The van der Waals surface area contributed by atoms with Gasteiger partial charge in [-0.15, -0.1) is 0 Å². The van der Waals surface area contributed by atoms with Gasteiger partial charge in [0.05, 0.1) is 10.6 Å². The highest BCUT2D eigenvalue weighted by molar-refractivity contribution is 9.10. The van der Waals surface area contributed by atoms with Crippen molar-refractivity contribution in [3.8, 4) is 0 Å². The highest BCUT2D eigenvalue weighted by Gasteiger charge is 2.15. The third kappa shape index (κ3) is 3.19. The molecule has 19 heavy (non-hydrogen) atoms. The Morgan fingerprint density at radius 3 is 2.79 bits per heavy atom. The molecule has 1 heterocycles. The summed E-state index contributed by atoms with van der Waals surface area (Å²) in [6.45, 7) is 4.00. The maximum Gasteiger partial charge on any atom is 0.138 e. The zero-order valence-corrected chi connectivity index (χ0v) is 12.3. The van der Waals surface area contributed by atoms with Gasteiger partial charge >= 0.3 is 0 Å². The van der Waals surface area contributed by atoms with Gasteiger partial charge in [-0.1, -0.05) is 6.07 Å². The Morgan fingerprint density at radius 2 is 2.16 bits per heavy atom. The molecule has 0 bridgehead atoms. The van der Waals surface area contributed by atoms with E-state index >= 15 is 0 Å². The number of halogens is 2. The minimum Gasteiger partial charge on any atom is -0.388 e. The van der Waals surface area contributed by atoms with Gasteiger partial charge in [0.1, 0.15) is 18.0 Å². The second-order valence-corrected chi connectivity index (χ2v) is 5.46. The normalized spacial score (nSPS) is 12.9. The lowest BCUT2D eigenvalue weighted by Gasteiger charge is -2.14. The average Bonchev–Trinajstić information content (AvgIpc) is 2.80. The van der Waals surface area contributed by atoms with Gasteiger partial charge in [-0.2, -0.15) is 5.10 Å². The predicted molar refractivity (Wildman–Crippen MR) is 73.2 cm³/mol. The van der Waals surface area contributed by atoms with Crippen molar-refractivity contribution in [1.29, 1.82) is 0 Å². The first-order valence-electron chi connectivity index (χ1n) is 6.00. The van der Waals surface area contributed by atoms with Crippen molar-refractivity contribution < 1.29 is 9.50 Å². The van der Waals surface area contributed by atoms with Crippen LogP contribution in [0.5, 0.6) is 0 Å². The number of nitrogens with zero attached hydrogens (tertiary/aromatic N) is 3. The summed E-state index contributed by atoms with van der Waals surface area (Å²) >= 11 is 3.11. The minimum absolute atomic E-state index is 0.185. The number of rotatable bonds is 4. The average molecular weight is 328 g/mol. The highest BCUT2D eigenvalue weighted by Crippen LogP contribution is 2.23. The second kappa shape index (κ2) is 5.79. The number of aliphatic hydroxyl groups excluding tert-OH is 1. The monoisotopic (exact) mass is 327 g/mol. The Morgan fingerprint density at radius 1 is 1.42 bits per heavy atom. The molecule has 0 aliphatic heterocycles. The van der Waals surface area contributed by atoms with E-state index in [2.05, 4.69) is 26.0 Å². The maximum atomic E-state index is 13.2. The number of benzene rings is 1. The van der Waals surface area contributed by atoms with Crippen LogP contribution in [0, 0.1) is 5.82 Å². The molecule has 0 radical (unpaired) electrons.